The molecular weight excluding hydrogens is 263 g/mol. The fourth-order valence-corrected chi connectivity index (χ4v) is 1.13. The van der Waals surface area contributed by atoms with E-state index in [1.165, 1.54) is 22.3 Å². The number of aryl methyl sites for hydroxylation is 2. The van der Waals surface area contributed by atoms with Crippen molar-refractivity contribution in [1.29, 1.82) is 0 Å². The molecule has 0 nitrogen and oxygen atoms in total. The molecule has 0 aliphatic heterocycles. The van der Waals surface area contributed by atoms with E-state index in [9.17, 15) is 0 Å². The summed E-state index contributed by atoms with van der Waals surface area (Å²) in [5.74, 6) is 0. The number of hydrogen-bond donors (Lipinski definition) is 0. The molecule has 0 atom stereocenters. The van der Waals surface area contributed by atoms with Crippen molar-refractivity contribution in [2.75, 3.05) is 0 Å². The Morgan fingerprint density at radius 2 is 1.13 bits per heavy atom. The van der Waals surface area contributed by atoms with Crippen LogP contribution in [-0.2, 0) is 21.7 Å². The second kappa shape index (κ2) is 12.7. The van der Waals surface area contributed by atoms with Crippen LogP contribution < -0.4 is 24.8 Å². The molecule has 0 amide bonds. The third-order valence-electron chi connectivity index (χ3n) is 2.18. The Labute approximate surface area is 122 Å². The molecule has 0 saturated heterocycles. The maximum absolute atomic E-state index is 3.49. The smallest absolute Gasteiger partial charge is 1.00 e. The van der Waals surface area contributed by atoms with Crippen molar-refractivity contribution in [1.82, 2.24) is 0 Å². The van der Waals surface area contributed by atoms with Gasteiger partial charge in [0.05, 0.1) is 0 Å². The van der Waals surface area contributed by atoms with E-state index in [1.54, 1.807) is 0 Å². The van der Waals surface area contributed by atoms with Crippen LogP contribution in [0.25, 0.3) is 0 Å². The minimum atomic E-state index is 0. The zero-order valence-electron chi connectivity index (χ0n) is 10.2. The first kappa shape index (κ1) is 24.7. The molecule has 0 aliphatic carbocycles. The van der Waals surface area contributed by atoms with Gasteiger partial charge in [0.15, 0.2) is 0 Å². The largest absolute Gasteiger partial charge is 4.00 e. The van der Waals surface area contributed by atoms with Crippen molar-refractivity contribution in [3.05, 3.63) is 35.2 Å². The van der Waals surface area contributed by atoms with Crippen molar-refractivity contribution in [3.8, 4) is 0 Å². The molecule has 0 unspecified atom stereocenters. The van der Waals surface area contributed by atoms with Gasteiger partial charge in [-0.15, -0.1) is 0 Å². The van der Waals surface area contributed by atoms with E-state index in [0.717, 1.165) is 6.42 Å². The molecule has 1 aromatic rings. The fraction of sp³-hybridized carbons (Fsp3) is 0.500. The monoisotopic (exact) mass is 282 g/mol. The van der Waals surface area contributed by atoms with Gasteiger partial charge in [-0.05, 0) is 0 Å². The summed E-state index contributed by atoms with van der Waals surface area (Å²) in [6.07, 6.45) is 1.00. The van der Waals surface area contributed by atoms with Gasteiger partial charge in [0.25, 0.3) is 0 Å². The van der Waals surface area contributed by atoms with Crippen LogP contribution in [-0.4, -0.2) is 0 Å². The first-order valence-electron chi connectivity index (χ1n) is 4.53. The normalized spacial score (nSPS) is 7.33. The molecule has 0 aliphatic rings. The third kappa shape index (κ3) is 8.45. The molecule has 0 fully saturated rings. The standard InChI is InChI=1S/C9H13.C3H7.2ClH.Ti/c1-6-5-7(2)9(4)8(6)3;1-3-2;;;/h5H,1-4H3;1,3H2,2H3;2*1H;/q2*-1;;;+4/p-2. The maximum atomic E-state index is 3.49. The van der Waals surface area contributed by atoms with Crippen molar-refractivity contribution < 1.29 is 46.5 Å². The minimum absolute atomic E-state index is 0. The van der Waals surface area contributed by atoms with Crippen LogP contribution in [0.15, 0.2) is 6.07 Å². The molecule has 0 bridgehead atoms. The number of rotatable bonds is 0. The first-order chi connectivity index (χ1) is 5.54. The Balaban J connectivity index is -0.0000000917. The van der Waals surface area contributed by atoms with Crippen LogP contribution in [0.3, 0.4) is 0 Å². The van der Waals surface area contributed by atoms with E-state index in [2.05, 4.69) is 40.7 Å². The molecule has 1 aromatic carbocycles. The van der Waals surface area contributed by atoms with Crippen LogP contribution in [0.5, 0.6) is 0 Å². The fourth-order valence-electron chi connectivity index (χ4n) is 1.13. The van der Waals surface area contributed by atoms with Crippen LogP contribution in [0, 0.1) is 34.6 Å². The van der Waals surface area contributed by atoms with Crippen LogP contribution in [0.4, 0.5) is 0 Å². The SMILES string of the molecule is Cc1[cH-]c(C)c(C)c1C.[CH2-]CC.[Cl-].[Cl-].[Ti+4]. The minimum Gasteiger partial charge on any atom is -1.00 e. The van der Waals surface area contributed by atoms with E-state index in [0.29, 0.717) is 0 Å². The summed E-state index contributed by atoms with van der Waals surface area (Å²) in [6, 6.07) is 2.24. The Morgan fingerprint density at radius 3 is 1.20 bits per heavy atom. The molecule has 0 aromatic heterocycles. The Kier molecular flexibility index (Phi) is 21.0. The molecule has 0 radical (unpaired) electrons. The molecule has 0 heterocycles. The topological polar surface area (TPSA) is 0 Å². The van der Waals surface area contributed by atoms with Crippen molar-refractivity contribution >= 4 is 0 Å². The Bertz CT molecular complexity index is 220. The summed E-state index contributed by atoms with van der Waals surface area (Å²) < 4.78 is 0. The second-order valence-corrected chi connectivity index (χ2v) is 3.26. The summed E-state index contributed by atoms with van der Waals surface area (Å²) in [5, 5.41) is 0. The van der Waals surface area contributed by atoms with Gasteiger partial charge >= 0.3 is 21.7 Å². The average Bonchev–Trinajstić information content (AvgIpc) is 2.20. The van der Waals surface area contributed by atoms with Gasteiger partial charge in [-0.2, -0.15) is 34.7 Å². The summed E-state index contributed by atoms with van der Waals surface area (Å²) in [6.45, 7) is 14.2. The van der Waals surface area contributed by atoms with Crippen molar-refractivity contribution in [2.24, 2.45) is 0 Å². The predicted octanol–water partition coefficient (Wildman–Crippen LogP) is -2.12. The zero-order chi connectivity index (χ0) is 9.72. The molecule has 3 heteroatoms. The summed E-state index contributed by atoms with van der Waals surface area (Å²) >= 11 is 0. The van der Waals surface area contributed by atoms with Gasteiger partial charge in [-0.1, -0.05) is 34.6 Å². The van der Waals surface area contributed by atoms with Gasteiger partial charge in [0.1, 0.15) is 0 Å². The van der Waals surface area contributed by atoms with Crippen molar-refractivity contribution in [3.63, 3.8) is 0 Å². The van der Waals surface area contributed by atoms with Gasteiger partial charge in [0.2, 0.25) is 0 Å². The third-order valence-corrected chi connectivity index (χ3v) is 2.18. The van der Waals surface area contributed by atoms with E-state index in [1.807, 2.05) is 6.92 Å². The Hall–Kier alpha value is 0.644. The molecular formula is C12H20Cl2Ti. The summed E-state index contributed by atoms with van der Waals surface area (Å²) in [4.78, 5) is 0. The van der Waals surface area contributed by atoms with Gasteiger partial charge in [0, 0.05) is 0 Å². The van der Waals surface area contributed by atoms with Gasteiger partial charge < -0.3 is 31.7 Å². The number of hydrogen-bond acceptors (Lipinski definition) is 0. The van der Waals surface area contributed by atoms with Crippen LogP contribution >= 0.6 is 0 Å². The van der Waals surface area contributed by atoms with E-state index in [4.69, 9.17) is 0 Å². The van der Waals surface area contributed by atoms with Crippen molar-refractivity contribution in [2.45, 2.75) is 41.0 Å². The molecule has 0 N–H and O–H groups in total. The predicted molar refractivity (Wildman–Crippen MR) is 56.6 cm³/mol. The molecule has 15 heavy (non-hydrogen) atoms. The Morgan fingerprint density at radius 1 is 0.933 bits per heavy atom. The van der Waals surface area contributed by atoms with E-state index >= 15 is 0 Å². The van der Waals surface area contributed by atoms with E-state index in [-0.39, 0.29) is 46.5 Å². The quantitative estimate of drug-likeness (QED) is 0.377. The van der Waals surface area contributed by atoms with Crippen LogP contribution in [0.1, 0.15) is 35.6 Å². The molecule has 0 spiro atoms. The number of halogens is 2. The van der Waals surface area contributed by atoms with Gasteiger partial charge in [-0.25, -0.2) is 0 Å². The molecule has 1 rings (SSSR count). The van der Waals surface area contributed by atoms with Crippen LogP contribution in [0.2, 0.25) is 0 Å². The zero-order valence-corrected chi connectivity index (χ0v) is 13.3. The summed E-state index contributed by atoms with van der Waals surface area (Å²) in [5.41, 5.74) is 5.75. The van der Waals surface area contributed by atoms with Gasteiger partial charge in [-0.3, -0.25) is 0 Å². The molecule has 86 valence electrons. The molecule has 0 saturated carbocycles. The summed E-state index contributed by atoms with van der Waals surface area (Å²) in [7, 11) is 0. The first-order valence-corrected chi connectivity index (χ1v) is 4.53. The van der Waals surface area contributed by atoms with E-state index < -0.39 is 0 Å². The second-order valence-electron chi connectivity index (χ2n) is 3.26. The maximum Gasteiger partial charge on any atom is 4.00 e. The average molecular weight is 283 g/mol.